The highest BCUT2D eigenvalue weighted by molar-refractivity contribution is 5.78. The van der Waals surface area contributed by atoms with E-state index in [1.807, 2.05) is 12.3 Å². The van der Waals surface area contributed by atoms with Gasteiger partial charge in [0.05, 0.1) is 18.7 Å². The van der Waals surface area contributed by atoms with Crippen molar-refractivity contribution in [1.82, 2.24) is 10.3 Å². The third-order valence-electron chi connectivity index (χ3n) is 3.40. The summed E-state index contributed by atoms with van der Waals surface area (Å²) in [4.78, 5) is 4.35. The van der Waals surface area contributed by atoms with E-state index in [0.29, 0.717) is 5.92 Å². The van der Waals surface area contributed by atoms with Crippen molar-refractivity contribution in [3.63, 3.8) is 0 Å². The van der Waals surface area contributed by atoms with Crippen LogP contribution in [0.3, 0.4) is 0 Å². The number of nitrogens with zero attached hydrogens (tertiary/aromatic N) is 1. The minimum absolute atomic E-state index is 0.571. The van der Waals surface area contributed by atoms with Crippen molar-refractivity contribution in [1.29, 1.82) is 0 Å². The molecule has 1 atom stereocenters. The Morgan fingerprint density at radius 2 is 2.33 bits per heavy atom. The Morgan fingerprint density at radius 1 is 1.33 bits per heavy atom. The quantitative estimate of drug-likeness (QED) is 0.874. The van der Waals surface area contributed by atoms with Crippen LogP contribution in [-0.2, 0) is 11.2 Å². The van der Waals surface area contributed by atoms with Crippen LogP contribution in [0.4, 0.5) is 0 Å². The molecule has 2 heterocycles. The number of aromatic nitrogens is 1. The van der Waals surface area contributed by atoms with Crippen molar-refractivity contribution < 1.29 is 4.74 Å². The molecule has 94 valence electrons. The van der Waals surface area contributed by atoms with E-state index < -0.39 is 0 Å². The maximum atomic E-state index is 5.59. The predicted octanol–water partition coefficient (Wildman–Crippen LogP) is 2.01. The zero-order valence-corrected chi connectivity index (χ0v) is 10.4. The average molecular weight is 242 g/mol. The fourth-order valence-corrected chi connectivity index (χ4v) is 2.48. The largest absolute Gasteiger partial charge is 0.380 e. The predicted molar refractivity (Wildman–Crippen MR) is 72.6 cm³/mol. The molecule has 1 aromatic carbocycles. The highest BCUT2D eigenvalue weighted by atomic mass is 16.5. The normalized spacial score (nSPS) is 20.8. The van der Waals surface area contributed by atoms with Gasteiger partial charge >= 0.3 is 0 Å². The average Bonchev–Trinajstić information content (AvgIpc) is 2.67. The molecule has 0 amide bonds. The van der Waals surface area contributed by atoms with Gasteiger partial charge in [-0.05, 0) is 36.1 Å². The zero-order valence-electron chi connectivity index (χ0n) is 10.4. The summed E-state index contributed by atoms with van der Waals surface area (Å²) in [6, 6.07) is 10.6. The van der Waals surface area contributed by atoms with Crippen molar-refractivity contribution in [2.45, 2.75) is 6.42 Å². The first-order chi connectivity index (χ1) is 8.92. The molecule has 1 aromatic heterocycles. The minimum Gasteiger partial charge on any atom is -0.380 e. The van der Waals surface area contributed by atoms with Gasteiger partial charge in [-0.2, -0.15) is 0 Å². The van der Waals surface area contributed by atoms with Crippen LogP contribution in [0.2, 0.25) is 0 Å². The van der Waals surface area contributed by atoms with E-state index in [1.165, 1.54) is 10.9 Å². The minimum atomic E-state index is 0.571. The van der Waals surface area contributed by atoms with E-state index in [1.54, 1.807) is 0 Å². The number of nitrogens with one attached hydrogen (secondary N) is 1. The van der Waals surface area contributed by atoms with E-state index in [0.717, 1.165) is 38.2 Å². The van der Waals surface area contributed by atoms with Crippen molar-refractivity contribution in [3.8, 4) is 0 Å². The van der Waals surface area contributed by atoms with Crippen molar-refractivity contribution >= 4 is 10.9 Å². The molecule has 3 heteroatoms. The Kier molecular flexibility index (Phi) is 3.53. The van der Waals surface area contributed by atoms with Gasteiger partial charge in [-0.3, -0.25) is 4.98 Å². The van der Waals surface area contributed by atoms with Gasteiger partial charge in [-0.15, -0.1) is 0 Å². The first kappa shape index (κ1) is 11.6. The molecule has 0 spiro atoms. The molecule has 3 rings (SSSR count). The maximum Gasteiger partial charge on any atom is 0.0702 e. The molecule has 1 N–H and O–H groups in total. The number of hydrogen-bond donors (Lipinski definition) is 1. The third-order valence-corrected chi connectivity index (χ3v) is 3.40. The Bertz CT molecular complexity index is 519. The van der Waals surface area contributed by atoms with Crippen LogP contribution >= 0.6 is 0 Å². The fraction of sp³-hybridized carbons (Fsp3) is 0.400. The molecule has 1 saturated heterocycles. The molecule has 1 aliphatic heterocycles. The summed E-state index contributed by atoms with van der Waals surface area (Å²) >= 11 is 0. The number of fused-ring (bicyclic) bond motifs is 1. The Labute approximate surface area is 107 Å². The molecule has 18 heavy (non-hydrogen) atoms. The number of pyridine rings is 1. The molecular weight excluding hydrogens is 224 g/mol. The molecule has 0 saturated carbocycles. The number of hydrogen-bond acceptors (Lipinski definition) is 3. The monoisotopic (exact) mass is 242 g/mol. The topological polar surface area (TPSA) is 34.2 Å². The van der Waals surface area contributed by atoms with Gasteiger partial charge in [0.15, 0.2) is 0 Å². The molecular formula is C15H18N2O. The molecule has 0 aliphatic carbocycles. The molecule has 1 fully saturated rings. The number of ether oxygens (including phenoxy) is 1. The van der Waals surface area contributed by atoms with E-state index in [2.05, 4.69) is 34.6 Å². The van der Waals surface area contributed by atoms with Gasteiger partial charge in [0.1, 0.15) is 0 Å². The smallest absolute Gasteiger partial charge is 0.0702 e. The first-order valence-corrected chi connectivity index (χ1v) is 6.54. The lowest BCUT2D eigenvalue weighted by Gasteiger charge is -2.13. The second-order valence-electron chi connectivity index (χ2n) is 4.88. The molecule has 2 aromatic rings. The summed E-state index contributed by atoms with van der Waals surface area (Å²) in [6.45, 7) is 3.71. The Balaban J connectivity index is 1.77. The van der Waals surface area contributed by atoms with Crippen LogP contribution in [-0.4, -0.2) is 31.3 Å². The summed E-state index contributed by atoms with van der Waals surface area (Å²) in [6.07, 6.45) is 2.91. The standard InChI is InChI=1S/C15H18N2O/c1-2-14-9-12(3-4-15(14)17-5-1)8-13-10-16-6-7-18-11-13/h1-5,9,13,16H,6-8,10-11H2/t13-/m0/s1. The van der Waals surface area contributed by atoms with Crippen LogP contribution in [0, 0.1) is 5.92 Å². The maximum absolute atomic E-state index is 5.59. The zero-order chi connectivity index (χ0) is 12.2. The van der Waals surface area contributed by atoms with E-state index in [9.17, 15) is 0 Å². The first-order valence-electron chi connectivity index (χ1n) is 6.54. The molecule has 0 radical (unpaired) electrons. The number of benzene rings is 1. The highest BCUT2D eigenvalue weighted by Crippen LogP contribution is 2.16. The third kappa shape index (κ3) is 2.68. The second kappa shape index (κ2) is 5.46. The fourth-order valence-electron chi connectivity index (χ4n) is 2.48. The second-order valence-corrected chi connectivity index (χ2v) is 4.88. The van der Waals surface area contributed by atoms with E-state index in [4.69, 9.17) is 4.74 Å². The van der Waals surface area contributed by atoms with Gasteiger partial charge < -0.3 is 10.1 Å². The molecule has 3 nitrogen and oxygen atoms in total. The van der Waals surface area contributed by atoms with Crippen molar-refractivity contribution in [2.75, 3.05) is 26.3 Å². The summed E-state index contributed by atoms with van der Waals surface area (Å²) in [5, 5.41) is 4.64. The summed E-state index contributed by atoms with van der Waals surface area (Å²) in [5.74, 6) is 0.571. The molecule has 0 bridgehead atoms. The highest BCUT2D eigenvalue weighted by Gasteiger charge is 2.13. The Morgan fingerprint density at radius 3 is 3.33 bits per heavy atom. The lowest BCUT2D eigenvalue weighted by Crippen LogP contribution is -2.24. The van der Waals surface area contributed by atoms with Crippen LogP contribution < -0.4 is 5.32 Å². The van der Waals surface area contributed by atoms with Gasteiger partial charge in [0.2, 0.25) is 0 Å². The van der Waals surface area contributed by atoms with Crippen LogP contribution in [0.5, 0.6) is 0 Å². The van der Waals surface area contributed by atoms with Crippen LogP contribution in [0.25, 0.3) is 10.9 Å². The summed E-state index contributed by atoms with van der Waals surface area (Å²) < 4.78 is 5.59. The van der Waals surface area contributed by atoms with Crippen molar-refractivity contribution in [3.05, 3.63) is 42.1 Å². The Hall–Kier alpha value is -1.45. The van der Waals surface area contributed by atoms with E-state index >= 15 is 0 Å². The summed E-state index contributed by atoms with van der Waals surface area (Å²) in [5.41, 5.74) is 2.43. The van der Waals surface area contributed by atoms with Gasteiger partial charge in [-0.1, -0.05) is 12.1 Å². The lowest BCUT2D eigenvalue weighted by molar-refractivity contribution is 0.123. The van der Waals surface area contributed by atoms with Gasteiger partial charge in [0.25, 0.3) is 0 Å². The SMILES string of the molecule is c1cnc2ccc(C[C@H]3CNCCOC3)cc2c1. The van der Waals surface area contributed by atoms with E-state index in [-0.39, 0.29) is 0 Å². The van der Waals surface area contributed by atoms with Gasteiger partial charge in [-0.25, -0.2) is 0 Å². The summed E-state index contributed by atoms with van der Waals surface area (Å²) in [7, 11) is 0. The number of rotatable bonds is 2. The van der Waals surface area contributed by atoms with Gasteiger partial charge in [0, 0.05) is 24.7 Å². The molecule has 0 unspecified atom stereocenters. The van der Waals surface area contributed by atoms with Crippen LogP contribution in [0.1, 0.15) is 5.56 Å². The van der Waals surface area contributed by atoms with Crippen molar-refractivity contribution in [2.24, 2.45) is 5.92 Å². The lowest BCUT2D eigenvalue weighted by atomic mass is 9.99. The molecule has 1 aliphatic rings. The van der Waals surface area contributed by atoms with Crippen LogP contribution in [0.15, 0.2) is 36.5 Å².